The fourth-order valence-electron chi connectivity index (χ4n) is 2.83. The summed E-state index contributed by atoms with van der Waals surface area (Å²) in [5, 5.41) is 4.40. The van der Waals surface area contributed by atoms with E-state index in [1.165, 1.54) is 18.4 Å². The van der Waals surface area contributed by atoms with Crippen LogP contribution < -0.4 is 5.32 Å². The van der Waals surface area contributed by atoms with Crippen LogP contribution in [0.4, 0.5) is 0 Å². The Morgan fingerprint density at radius 1 is 1.24 bits per heavy atom. The number of hydrogen-bond acceptors (Lipinski definition) is 2. The van der Waals surface area contributed by atoms with Gasteiger partial charge in [-0.3, -0.25) is 0 Å². The Hall–Kier alpha value is -0.0900. The lowest BCUT2D eigenvalue weighted by atomic mass is 10.0. The molecule has 1 N–H and O–H groups in total. The first-order chi connectivity index (χ1) is 10.0. The molecule has 1 rings (SSSR count). The number of halogens is 2. The van der Waals surface area contributed by atoms with Crippen LogP contribution >= 0.6 is 27.5 Å². The summed E-state index contributed by atoms with van der Waals surface area (Å²) in [6.45, 7) is 8.70. The molecule has 0 saturated carbocycles. The monoisotopic (exact) mass is 374 g/mol. The summed E-state index contributed by atoms with van der Waals surface area (Å²) in [7, 11) is 2.23. The van der Waals surface area contributed by atoms with Crippen LogP contribution in [0.1, 0.15) is 51.6 Å². The van der Waals surface area contributed by atoms with Crippen LogP contribution in [0.3, 0.4) is 0 Å². The van der Waals surface area contributed by atoms with Gasteiger partial charge >= 0.3 is 0 Å². The molecule has 0 spiro atoms. The molecule has 1 aromatic rings. The molecule has 1 atom stereocenters. The van der Waals surface area contributed by atoms with Gasteiger partial charge < -0.3 is 10.2 Å². The van der Waals surface area contributed by atoms with E-state index >= 15 is 0 Å². The highest BCUT2D eigenvalue weighted by molar-refractivity contribution is 9.10. The van der Waals surface area contributed by atoms with Gasteiger partial charge in [0.2, 0.25) is 0 Å². The van der Waals surface area contributed by atoms with Crippen LogP contribution in [0.2, 0.25) is 5.02 Å². The minimum absolute atomic E-state index is 0.312. The highest BCUT2D eigenvalue weighted by Crippen LogP contribution is 2.28. The molecule has 1 aromatic carbocycles. The van der Waals surface area contributed by atoms with Gasteiger partial charge in [0.25, 0.3) is 0 Å². The summed E-state index contributed by atoms with van der Waals surface area (Å²) in [5.74, 6) is 0. The van der Waals surface area contributed by atoms with E-state index in [9.17, 15) is 0 Å². The third-order valence-corrected chi connectivity index (χ3v) is 4.95. The van der Waals surface area contributed by atoms with E-state index in [0.29, 0.717) is 12.1 Å². The van der Waals surface area contributed by atoms with Gasteiger partial charge in [0.05, 0.1) is 0 Å². The number of benzene rings is 1. The number of hydrogen-bond donors (Lipinski definition) is 1. The van der Waals surface area contributed by atoms with Crippen molar-refractivity contribution in [1.29, 1.82) is 0 Å². The first kappa shape index (κ1) is 19.0. The van der Waals surface area contributed by atoms with Crippen molar-refractivity contribution in [3.63, 3.8) is 0 Å². The van der Waals surface area contributed by atoms with Crippen molar-refractivity contribution in [3.05, 3.63) is 33.3 Å². The minimum atomic E-state index is 0.312. The molecule has 4 heteroatoms. The lowest BCUT2D eigenvalue weighted by Crippen LogP contribution is -2.34. The summed E-state index contributed by atoms with van der Waals surface area (Å²) in [5.41, 5.74) is 1.19. The van der Waals surface area contributed by atoms with E-state index in [4.69, 9.17) is 11.6 Å². The van der Waals surface area contributed by atoms with Crippen molar-refractivity contribution >= 4 is 27.5 Å². The number of nitrogens with zero attached hydrogens (tertiary/aromatic N) is 1. The van der Waals surface area contributed by atoms with Gasteiger partial charge in [-0.25, -0.2) is 0 Å². The highest BCUT2D eigenvalue weighted by atomic mass is 79.9. The van der Waals surface area contributed by atoms with Gasteiger partial charge in [-0.1, -0.05) is 54.4 Å². The zero-order valence-corrected chi connectivity index (χ0v) is 16.0. The Morgan fingerprint density at radius 3 is 2.43 bits per heavy atom. The Kier molecular flexibility index (Phi) is 8.88. The van der Waals surface area contributed by atoms with Crippen LogP contribution in [0.5, 0.6) is 0 Å². The van der Waals surface area contributed by atoms with Crippen molar-refractivity contribution in [2.45, 2.75) is 52.1 Å². The molecular formula is C17H28BrClN2. The first-order valence-corrected chi connectivity index (χ1v) is 9.09. The van der Waals surface area contributed by atoms with Crippen molar-refractivity contribution < 1.29 is 0 Å². The van der Waals surface area contributed by atoms with Crippen LogP contribution in [0.25, 0.3) is 0 Å². The van der Waals surface area contributed by atoms with E-state index < -0.39 is 0 Å². The Morgan fingerprint density at radius 2 is 1.90 bits per heavy atom. The predicted octanol–water partition coefficient (Wildman–Crippen LogP) is 5.26. The summed E-state index contributed by atoms with van der Waals surface area (Å²) < 4.78 is 1.03. The van der Waals surface area contributed by atoms with E-state index in [1.54, 1.807) is 0 Å². The molecule has 0 aliphatic carbocycles. The molecule has 0 bridgehead atoms. The van der Waals surface area contributed by atoms with Gasteiger partial charge in [-0.15, -0.1) is 0 Å². The lowest BCUT2D eigenvalue weighted by Gasteiger charge is -2.28. The maximum absolute atomic E-state index is 6.41. The second kappa shape index (κ2) is 9.83. The molecule has 2 nitrogen and oxygen atoms in total. The Labute approximate surface area is 143 Å². The molecule has 0 radical (unpaired) electrons. The molecule has 0 aromatic heterocycles. The van der Waals surface area contributed by atoms with Crippen molar-refractivity contribution in [1.82, 2.24) is 10.2 Å². The SMILES string of the molecule is CCNC(CCN(C)C(CC)CC)c1ccc(Br)cc1Cl. The van der Waals surface area contributed by atoms with Gasteiger partial charge in [0.1, 0.15) is 0 Å². The molecule has 21 heavy (non-hydrogen) atoms. The van der Waals surface area contributed by atoms with Crippen LogP contribution in [0, 0.1) is 0 Å². The summed E-state index contributed by atoms with van der Waals surface area (Å²) >= 11 is 9.88. The quantitative estimate of drug-likeness (QED) is 0.633. The molecule has 0 amide bonds. The average Bonchev–Trinajstić information content (AvgIpc) is 2.45. The van der Waals surface area contributed by atoms with Crippen LogP contribution in [-0.4, -0.2) is 31.1 Å². The number of nitrogens with one attached hydrogen (secondary N) is 1. The van der Waals surface area contributed by atoms with E-state index in [2.05, 4.69) is 66.1 Å². The lowest BCUT2D eigenvalue weighted by molar-refractivity contribution is 0.218. The minimum Gasteiger partial charge on any atom is -0.310 e. The van der Waals surface area contributed by atoms with Gasteiger partial charge in [0.15, 0.2) is 0 Å². The third kappa shape index (κ3) is 5.90. The molecule has 1 unspecified atom stereocenters. The fraction of sp³-hybridized carbons (Fsp3) is 0.647. The fourth-order valence-corrected chi connectivity index (χ4v) is 3.63. The Balaban J connectivity index is 2.73. The maximum Gasteiger partial charge on any atom is 0.0465 e. The summed E-state index contributed by atoms with van der Waals surface area (Å²) in [6, 6.07) is 7.15. The van der Waals surface area contributed by atoms with E-state index in [0.717, 1.165) is 29.0 Å². The van der Waals surface area contributed by atoms with Gasteiger partial charge in [0, 0.05) is 21.6 Å². The predicted molar refractivity (Wildman–Crippen MR) is 97.2 cm³/mol. The van der Waals surface area contributed by atoms with E-state index in [1.807, 2.05) is 6.07 Å². The molecule has 0 fully saturated rings. The van der Waals surface area contributed by atoms with Crippen LogP contribution in [-0.2, 0) is 0 Å². The first-order valence-electron chi connectivity index (χ1n) is 7.91. The molecule has 0 saturated heterocycles. The molecular weight excluding hydrogens is 348 g/mol. The third-order valence-electron chi connectivity index (χ3n) is 4.12. The van der Waals surface area contributed by atoms with Crippen LogP contribution in [0.15, 0.2) is 22.7 Å². The second-order valence-electron chi connectivity index (χ2n) is 5.52. The second-order valence-corrected chi connectivity index (χ2v) is 6.84. The molecule has 0 aliphatic heterocycles. The summed E-state index contributed by atoms with van der Waals surface area (Å²) in [4.78, 5) is 2.47. The average molecular weight is 376 g/mol. The largest absolute Gasteiger partial charge is 0.310 e. The Bertz CT molecular complexity index is 421. The van der Waals surface area contributed by atoms with Crippen molar-refractivity contribution in [2.24, 2.45) is 0 Å². The maximum atomic E-state index is 6.41. The van der Waals surface area contributed by atoms with Crippen molar-refractivity contribution in [3.8, 4) is 0 Å². The zero-order chi connectivity index (χ0) is 15.8. The van der Waals surface area contributed by atoms with Gasteiger partial charge in [-0.05, 0) is 57.1 Å². The highest BCUT2D eigenvalue weighted by Gasteiger charge is 2.17. The van der Waals surface area contributed by atoms with E-state index in [-0.39, 0.29) is 0 Å². The number of rotatable bonds is 9. The summed E-state index contributed by atoms with van der Waals surface area (Å²) in [6.07, 6.45) is 3.48. The smallest absolute Gasteiger partial charge is 0.0465 e. The standard InChI is InChI=1S/C17H28BrClN2/c1-5-14(6-2)21(4)11-10-17(20-7-3)15-9-8-13(18)12-16(15)19/h8-9,12,14,17,20H,5-7,10-11H2,1-4H3. The van der Waals surface area contributed by atoms with Gasteiger partial charge in [-0.2, -0.15) is 0 Å². The molecule has 0 aliphatic rings. The normalized spacial score (nSPS) is 13.1. The van der Waals surface area contributed by atoms with Crippen molar-refractivity contribution in [2.75, 3.05) is 20.1 Å². The zero-order valence-electron chi connectivity index (χ0n) is 13.6. The topological polar surface area (TPSA) is 15.3 Å². The molecule has 120 valence electrons. The molecule has 0 heterocycles.